The van der Waals surface area contributed by atoms with Gasteiger partial charge in [-0.2, -0.15) is 0 Å². The Bertz CT molecular complexity index is 463. The summed E-state index contributed by atoms with van der Waals surface area (Å²) in [5.41, 5.74) is 7.23. The fourth-order valence-electron chi connectivity index (χ4n) is 1.73. The highest BCUT2D eigenvalue weighted by Gasteiger charge is 2.13. The van der Waals surface area contributed by atoms with Crippen molar-refractivity contribution in [2.45, 2.75) is 32.9 Å². The summed E-state index contributed by atoms with van der Waals surface area (Å²) < 4.78 is 10.5. The Labute approximate surface area is 126 Å². The number of hydrogen-bond acceptors (Lipinski definition) is 5. The highest BCUT2D eigenvalue weighted by molar-refractivity contribution is 5.84. The third-order valence-corrected chi connectivity index (χ3v) is 2.76. The monoisotopic (exact) mass is 295 g/mol. The fraction of sp³-hybridized carbons (Fsp3) is 0.533. The minimum absolute atomic E-state index is 0.0392. The molecule has 0 heterocycles. The quantitative estimate of drug-likeness (QED) is 0.501. The largest absolute Gasteiger partial charge is 0.489 e. The Hall–Kier alpha value is -1.95. The number of amides is 1. The van der Waals surface area contributed by atoms with E-state index in [1.807, 2.05) is 19.9 Å². The van der Waals surface area contributed by atoms with Crippen LogP contribution in [0.5, 0.6) is 5.75 Å². The molecule has 118 valence electrons. The van der Waals surface area contributed by atoms with E-state index in [2.05, 4.69) is 10.6 Å². The van der Waals surface area contributed by atoms with Crippen LogP contribution in [-0.2, 0) is 9.53 Å². The Kier molecular flexibility index (Phi) is 6.81. The number of benzene rings is 1. The van der Waals surface area contributed by atoms with Crippen molar-refractivity contribution in [1.29, 1.82) is 0 Å². The van der Waals surface area contributed by atoms with Crippen LogP contribution >= 0.6 is 0 Å². The second kappa shape index (κ2) is 8.36. The van der Waals surface area contributed by atoms with Crippen LogP contribution in [0.1, 0.15) is 20.8 Å². The molecule has 1 atom stereocenters. The van der Waals surface area contributed by atoms with E-state index in [-0.39, 0.29) is 18.1 Å². The van der Waals surface area contributed by atoms with Crippen molar-refractivity contribution >= 4 is 17.3 Å². The van der Waals surface area contributed by atoms with E-state index in [1.165, 1.54) is 0 Å². The number of carbonyl (C=O) groups is 1. The molecule has 1 rings (SSSR count). The van der Waals surface area contributed by atoms with Gasteiger partial charge in [0.25, 0.3) is 0 Å². The van der Waals surface area contributed by atoms with Crippen LogP contribution in [0.25, 0.3) is 0 Å². The maximum atomic E-state index is 11.9. The topological polar surface area (TPSA) is 85.6 Å². The summed E-state index contributed by atoms with van der Waals surface area (Å²) in [5, 5.41) is 5.90. The Balaban J connectivity index is 2.63. The first-order valence-corrected chi connectivity index (χ1v) is 7.03. The maximum Gasteiger partial charge on any atom is 0.242 e. The van der Waals surface area contributed by atoms with Gasteiger partial charge < -0.3 is 25.8 Å². The van der Waals surface area contributed by atoms with Crippen molar-refractivity contribution in [2.24, 2.45) is 0 Å². The lowest BCUT2D eigenvalue weighted by atomic mass is 10.2. The first-order chi connectivity index (χ1) is 9.93. The molecule has 0 aliphatic carbocycles. The highest BCUT2D eigenvalue weighted by Crippen LogP contribution is 2.26. The van der Waals surface area contributed by atoms with Crippen LogP contribution in [-0.4, -0.2) is 38.3 Å². The van der Waals surface area contributed by atoms with E-state index in [9.17, 15) is 4.79 Å². The summed E-state index contributed by atoms with van der Waals surface area (Å²) in [6, 6.07) is 5.02. The molecular formula is C15H25N3O3. The summed E-state index contributed by atoms with van der Waals surface area (Å²) in [6.07, 6.45) is 0.0392. The van der Waals surface area contributed by atoms with E-state index >= 15 is 0 Å². The summed E-state index contributed by atoms with van der Waals surface area (Å²) in [5.74, 6) is 0.525. The highest BCUT2D eigenvalue weighted by atomic mass is 16.5. The zero-order valence-electron chi connectivity index (χ0n) is 13.1. The van der Waals surface area contributed by atoms with Crippen LogP contribution in [0.3, 0.4) is 0 Å². The van der Waals surface area contributed by atoms with Gasteiger partial charge in [-0.1, -0.05) is 0 Å². The van der Waals surface area contributed by atoms with Gasteiger partial charge in [0.15, 0.2) is 0 Å². The van der Waals surface area contributed by atoms with Crippen molar-refractivity contribution in [3.05, 3.63) is 18.2 Å². The smallest absolute Gasteiger partial charge is 0.242 e. The summed E-state index contributed by atoms with van der Waals surface area (Å²) in [7, 11) is 1.60. The van der Waals surface area contributed by atoms with Gasteiger partial charge in [-0.3, -0.25) is 4.79 Å². The Morgan fingerprint density at radius 2 is 2.05 bits per heavy atom. The minimum atomic E-state index is -0.364. The van der Waals surface area contributed by atoms with Crippen molar-refractivity contribution in [3.8, 4) is 5.75 Å². The predicted molar refractivity (Wildman–Crippen MR) is 84.6 cm³/mol. The number of carbonyl (C=O) groups excluding carboxylic acids is 1. The minimum Gasteiger partial charge on any atom is -0.489 e. The SMILES string of the molecule is COCCNC(=O)C(C)Nc1ccc(N)c(OC(C)C)c1. The number of nitrogens with one attached hydrogen (secondary N) is 2. The van der Waals surface area contributed by atoms with E-state index in [0.717, 1.165) is 5.69 Å². The van der Waals surface area contributed by atoms with Crippen LogP contribution < -0.4 is 21.1 Å². The van der Waals surface area contributed by atoms with Gasteiger partial charge in [-0.05, 0) is 32.9 Å². The third kappa shape index (κ3) is 5.91. The fourth-order valence-corrected chi connectivity index (χ4v) is 1.73. The molecule has 0 aliphatic rings. The van der Waals surface area contributed by atoms with Gasteiger partial charge in [-0.25, -0.2) is 0 Å². The molecule has 0 fully saturated rings. The standard InChI is InChI=1S/C15H25N3O3/c1-10(2)21-14-9-12(5-6-13(14)16)18-11(3)15(19)17-7-8-20-4/h5-6,9-11,18H,7-8,16H2,1-4H3,(H,17,19). The van der Waals surface area contributed by atoms with Gasteiger partial charge in [0.05, 0.1) is 18.4 Å². The maximum absolute atomic E-state index is 11.9. The molecular weight excluding hydrogens is 270 g/mol. The van der Waals surface area contributed by atoms with Crippen molar-refractivity contribution < 1.29 is 14.3 Å². The number of nitrogen functional groups attached to an aromatic ring is 1. The van der Waals surface area contributed by atoms with Crippen LogP contribution in [0.2, 0.25) is 0 Å². The van der Waals surface area contributed by atoms with Crippen molar-refractivity contribution in [2.75, 3.05) is 31.3 Å². The first kappa shape index (κ1) is 17.1. The van der Waals surface area contributed by atoms with Crippen molar-refractivity contribution in [3.63, 3.8) is 0 Å². The molecule has 0 radical (unpaired) electrons. The predicted octanol–water partition coefficient (Wildman–Crippen LogP) is 1.62. The molecule has 0 aromatic heterocycles. The molecule has 1 aromatic carbocycles. The summed E-state index contributed by atoms with van der Waals surface area (Å²) in [6.45, 7) is 6.65. The number of ether oxygens (including phenoxy) is 2. The van der Waals surface area contributed by atoms with E-state index in [0.29, 0.717) is 24.6 Å². The van der Waals surface area contributed by atoms with Crippen molar-refractivity contribution in [1.82, 2.24) is 5.32 Å². The molecule has 0 spiro atoms. The lowest BCUT2D eigenvalue weighted by Gasteiger charge is -2.17. The molecule has 6 heteroatoms. The van der Waals surface area contributed by atoms with E-state index in [1.54, 1.807) is 26.2 Å². The second-order valence-electron chi connectivity index (χ2n) is 5.07. The Morgan fingerprint density at radius 3 is 2.67 bits per heavy atom. The van der Waals surface area contributed by atoms with Gasteiger partial charge in [0.2, 0.25) is 5.91 Å². The number of nitrogens with two attached hydrogens (primary N) is 1. The summed E-state index contributed by atoms with van der Waals surface area (Å²) in [4.78, 5) is 11.9. The molecule has 0 aliphatic heterocycles. The average molecular weight is 295 g/mol. The van der Waals surface area contributed by atoms with Crippen LogP contribution in [0, 0.1) is 0 Å². The lowest BCUT2D eigenvalue weighted by Crippen LogP contribution is -2.39. The molecule has 1 aromatic rings. The van der Waals surface area contributed by atoms with Gasteiger partial charge in [-0.15, -0.1) is 0 Å². The normalized spacial score (nSPS) is 12.0. The van der Waals surface area contributed by atoms with Crippen LogP contribution in [0.15, 0.2) is 18.2 Å². The lowest BCUT2D eigenvalue weighted by molar-refractivity contribution is -0.121. The van der Waals surface area contributed by atoms with Gasteiger partial charge >= 0.3 is 0 Å². The molecule has 1 unspecified atom stereocenters. The number of methoxy groups -OCH3 is 1. The van der Waals surface area contributed by atoms with Gasteiger partial charge in [0, 0.05) is 25.4 Å². The zero-order chi connectivity index (χ0) is 15.8. The first-order valence-electron chi connectivity index (χ1n) is 7.03. The average Bonchev–Trinajstić information content (AvgIpc) is 2.42. The van der Waals surface area contributed by atoms with E-state index < -0.39 is 0 Å². The zero-order valence-corrected chi connectivity index (χ0v) is 13.1. The molecule has 6 nitrogen and oxygen atoms in total. The Morgan fingerprint density at radius 1 is 1.33 bits per heavy atom. The molecule has 1 amide bonds. The van der Waals surface area contributed by atoms with E-state index in [4.69, 9.17) is 15.2 Å². The van der Waals surface area contributed by atoms with Gasteiger partial charge in [0.1, 0.15) is 11.8 Å². The summed E-state index contributed by atoms with van der Waals surface area (Å²) >= 11 is 0. The molecule has 0 saturated heterocycles. The number of hydrogen-bond donors (Lipinski definition) is 3. The van der Waals surface area contributed by atoms with Crippen LogP contribution in [0.4, 0.5) is 11.4 Å². The molecule has 4 N–H and O–H groups in total. The molecule has 21 heavy (non-hydrogen) atoms. The third-order valence-electron chi connectivity index (χ3n) is 2.76. The number of rotatable bonds is 8. The second-order valence-corrected chi connectivity index (χ2v) is 5.07. The number of anilines is 2. The molecule has 0 bridgehead atoms. The molecule has 0 saturated carbocycles.